The van der Waals surface area contributed by atoms with E-state index in [0.29, 0.717) is 0 Å². The highest BCUT2D eigenvalue weighted by atomic mass is 16.3. The van der Waals surface area contributed by atoms with Crippen LogP contribution in [0.25, 0.3) is 0 Å². The molecule has 16 heavy (non-hydrogen) atoms. The molecule has 1 rings (SSSR count). The predicted molar refractivity (Wildman–Crippen MR) is 69.7 cm³/mol. The summed E-state index contributed by atoms with van der Waals surface area (Å²) < 4.78 is 0. The molecule has 90 valence electrons. The zero-order chi connectivity index (χ0) is 12.3. The van der Waals surface area contributed by atoms with E-state index in [1.807, 2.05) is 6.92 Å². The molecule has 0 radical (unpaired) electrons. The standard InChI is InChI=1S/C15H24O/c1-11-6-12(2)8-14(7-11)10-15(4,5)9-13(3)16/h6-8,13,16H,9-10H2,1-5H3. The van der Waals surface area contributed by atoms with E-state index in [9.17, 15) is 5.11 Å². The molecule has 1 atom stereocenters. The lowest BCUT2D eigenvalue weighted by atomic mass is 9.80. The monoisotopic (exact) mass is 220 g/mol. The van der Waals surface area contributed by atoms with E-state index in [1.54, 1.807) is 0 Å². The van der Waals surface area contributed by atoms with E-state index < -0.39 is 0 Å². The Bertz CT molecular complexity index is 330. The summed E-state index contributed by atoms with van der Waals surface area (Å²) in [7, 11) is 0. The Morgan fingerprint density at radius 1 is 1.12 bits per heavy atom. The smallest absolute Gasteiger partial charge is 0.0517 e. The van der Waals surface area contributed by atoms with Crippen LogP contribution in [0.2, 0.25) is 0 Å². The third kappa shape index (κ3) is 4.36. The van der Waals surface area contributed by atoms with E-state index in [4.69, 9.17) is 0 Å². The molecule has 0 aliphatic rings. The first-order chi connectivity index (χ1) is 7.28. The van der Waals surface area contributed by atoms with Gasteiger partial charge in [0.1, 0.15) is 0 Å². The summed E-state index contributed by atoms with van der Waals surface area (Å²) in [4.78, 5) is 0. The third-order valence-corrected chi connectivity index (χ3v) is 2.81. The number of hydrogen-bond donors (Lipinski definition) is 1. The molecule has 0 heterocycles. The molecule has 1 N–H and O–H groups in total. The lowest BCUT2D eigenvalue weighted by molar-refractivity contribution is 0.129. The summed E-state index contributed by atoms with van der Waals surface area (Å²) >= 11 is 0. The van der Waals surface area contributed by atoms with Gasteiger partial charge in [0.15, 0.2) is 0 Å². The summed E-state index contributed by atoms with van der Waals surface area (Å²) in [5.74, 6) is 0. The molecule has 1 aromatic rings. The van der Waals surface area contributed by atoms with Crippen LogP contribution in [0, 0.1) is 19.3 Å². The fourth-order valence-corrected chi connectivity index (χ4v) is 2.60. The van der Waals surface area contributed by atoms with E-state index in [0.717, 1.165) is 12.8 Å². The predicted octanol–water partition coefficient (Wildman–Crippen LogP) is 3.64. The maximum atomic E-state index is 9.48. The van der Waals surface area contributed by atoms with Crippen molar-refractivity contribution in [1.82, 2.24) is 0 Å². The second-order valence-electron chi connectivity index (χ2n) is 5.89. The molecule has 0 aromatic heterocycles. The second kappa shape index (κ2) is 5.01. The van der Waals surface area contributed by atoms with Crippen LogP contribution in [0.5, 0.6) is 0 Å². The maximum Gasteiger partial charge on any atom is 0.0517 e. The minimum atomic E-state index is -0.221. The fourth-order valence-electron chi connectivity index (χ4n) is 2.60. The first kappa shape index (κ1) is 13.2. The fraction of sp³-hybridized carbons (Fsp3) is 0.600. The van der Waals surface area contributed by atoms with Gasteiger partial charge in [0, 0.05) is 0 Å². The second-order valence-corrected chi connectivity index (χ2v) is 5.89. The third-order valence-electron chi connectivity index (χ3n) is 2.81. The van der Waals surface area contributed by atoms with Gasteiger partial charge in [-0.25, -0.2) is 0 Å². The van der Waals surface area contributed by atoms with Crippen LogP contribution in [-0.2, 0) is 6.42 Å². The molecule has 0 bridgehead atoms. The Morgan fingerprint density at radius 3 is 2.06 bits per heavy atom. The van der Waals surface area contributed by atoms with Crippen molar-refractivity contribution in [3.8, 4) is 0 Å². The topological polar surface area (TPSA) is 20.2 Å². The zero-order valence-electron chi connectivity index (χ0n) is 11.2. The van der Waals surface area contributed by atoms with Crippen molar-refractivity contribution < 1.29 is 5.11 Å². The Kier molecular flexibility index (Phi) is 4.15. The van der Waals surface area contributed by atoms with Crippen molar-refractivity contribution in [2.45, 2.75) is 53.6 Å². The van der Waals surface area contributed by atoms with Crippen molar-refractivity contribution >= 4 is 0 Å². The Morgan fingerprint density at radius 2 is 1.62 bits per heavy atom. The zero-order valence-corrected chi connectivity index (χ0v) is 11.2. The molecule has 0 fully saturated rings. The molecule has 1 nitrogen and oxygen atoms in total. The Hall–Kier alpha value is -0.820. The van der Waals surface area contributed by atoms with Crippen molar-refractivity contribution in [2.24, 2.45) is 5.41 Å². The van der Waals surface area contributed by atoms with Crippen LogP contribution in [0.3, 0.4) is 0 Å². The number of benzene rings is 1. The van der Waals surface area contributed by atoms with E-state index in [2.05, 4.69) is 45.9 Å². The van der Waals surface area contributed by atoms with Crippen molar-refractivity contribution in [2.75, 3.05) is 0 Å². The Balaban J connectivity index is 2.79. The summed E-state index contributed by atoms with van der Waals surface area (Å²) in [5, 5.41) is 9.48. The van der Waals surface area contributed by atoms with Crippen LogP contribution < -0.4 is 0 Å². The van der Waals surface area contributed by atoms with Crippen molar-refractivity contribution in [3.63, 3.8) is 0 Å². The molecule has 0 amide bonds. The van der Waals surface area contributed by atoms with E-state index >= 15 is 0 Å². The molecule has 1 aromatic carbocycles. The lowest BCUT2D eigenvalue weighted by Gasteiger charge is -2.26. The molecule has 0 aliphatic carbocycles. The minimum absolute atomic E-state index is 0.161. The van der Waals surface area contributed by atoms with Crippen molar-refractivity contribution in [3.05, 3.63) is 34.9 Å². The average Bonchev–Trinajstić information content (AvgIpc) is 1.95. The SMILES string of the molecule is Cc1cc(C)cc(CC(C)(C)CC(C)O)c1. The normalized spacial score (nSPS) is 13.9. The van der Waals surface area contributed by atoms with Crippen molar-refractivity contribution in [1.29, 1.82) is 0 Å². The van der Waals surface area contributed by atoms with Gasteiger partial charge in [-0.05, 0) is 44.6 Å². The van der Waals surface area contributed by atoms with Crippen LogP contribution in [-0.4, -0.2) is 11.2 Å². The van der Waals surface area contributed by atoms with Gasteiger partial charge in [-0.1, -0.05) is 43.2 Å². The quantitative estimate of drug-likeness (QED) is 0.821. The highest BCUT2D eigenvalue weighted by Gasteiger charge is 2.20. The first-order valence-electron chi connectivity index (χ1n) is 6.04. The van der Waals surface area contributed by atoms with Gasteiger partial charge in [0.2, 0.25) is 0 Å². The first-order valence-corrected chi connectivity index (χ1v) is 6.04. The average molecular weight is 220 g/mol. The molecule has 0 aliphatic heterocycles. The highest BCUT2D eigenvalue weighted by Crippen LogP contribution is 2.28. The van der Waals surface area contributed by atoms with Crippen LogP contribution in [0.15, 0.2) is 18.2 Å². The van der Waals surface area contributed by atoms with Gasteiger partial charge < -0.3 is 5.11 Å². The van der Waals surface area contributed by atoms with Crippen LogP contribution in [0.1, 0.15) is 43.9 Å². The molecule has 1 unspecified atom stereocenters. The van der Waals surface area contributed by atoms with E-state index in [1.165, 1.54) is 16.7 Å². The molecule has 1 heteroatoms. The molecule has 0 saturated heterocycles. The Labute approximate surface area is 99.5 Å². The number of aryl methyl sites for hydroxylation is 2. The minimum Gasteiger partial charge on any atom is -0.393 e. The van der Waals surface area contributed by atoms with Crippen LogP contribution >= 0.6 is 0 Å². The van der Waals surface area contributed by atoms with Gasteiger partial charge in [0.25, 0.3) is 0 Å². The van der Waals surface area contributed by atoms with Crippen LogP contribution in [0.4, 0.5) is 0 Å². The lowest BCUT2D eigenvalue weighted by Crippen LogP contribution is -2.21. The van der Waals surface area contributed by atoms with Gasteiger partial charge in [-0.2, -0.15) is 0 Å². The molecule has 0 saturated carbocycles. The highest BCUT2D eigenvalue weighted by molar-refractivity contribution is 5.29. The number of hydrogen-bond acceptors (Lipinski definition) is 1. The van der Waals surface area contributed by atoms with Gasteiger partial charge in [0.05, 0.1) is 6.10 Å². The van der Waals surface area contributed by atoms with E-state index in [-0.39, 0.29) is 11.5 Å². The summed E-state index contributed by atoms with van der Waals surface area (Å²) in [5.41, 5.74) is 4.18. The summed E-state index contributed by atoms with van der Waals surface area (Å²) in [6, 6.07) is 6.69. The molecule has 0 spiro atoms. The summed E-state index contributed by atoms with van der Waals surface area (Å²) in [6.45, 7) is 10.6. The molecular formula is C15H24O. The largest absolute Gasteiger partial charge is 0.393 e. The van der Waals surface area contributed by atoms with Gasteiger partial charge in [-0.15, -0.1) is 0 Å². The maximum absolute atomic E-state index is 9.48. The number of aliphatic hydroxyl groups is 1. The number of rotatable bonds is 4. The number of aliphatic hydroxyl groups excluding tert-OH is 1. The summed E-state index contributed by atoms with van der Waals surface area (Å²) in [6.07, 6.45) is 1.65. The van der Waals surface area contributed by atoms with Gasteiger partial charge >= 0.3 is 0 Å². The van der Waals surface area contributed by atoms with Gasteiger partial charge in [-0.3, -0.25) is 0 Å². The molecular weight excluding hydrogens is 196 g/mol.